The van der Waals surface area contributed by atoms with Crippen LogP contribution in [0, 0.1) is 5.92 Å². The number of ether oxygens (including phenoxy) is 1. The molecular weight excluding hydrogens is 296 g/mol. The number of hydrogen-bond acceptors (Lipinski definition) is 5. The highest BCUT2D eigenvalue weighted by molar-refractivity contribution is 7.86. The van der Waals surface area contributed by atoms with Crippen LogP contribution in [0.4, 0.5) is 0 Å². The van der Waals surface area contributed by atoms with E-state index in [4.69, 9.17) is 9.84 Å². The molecule has 1 N–H and O–H groups in total. The van der Waals surface area contributed by atoms with E-state index in [2.05, 4.69) is 6.58 Å². The first-order chi connectivity index (χ1) is 9.97. The molecule has 1 fully saturated rings. The van der Waals surface area contributed by atoms with E-state index in [1.165, 1.54) is 14.7 Å². The fraction of sp³-hybridized carbons (Fsp3) is 0.769. The van der Waals surface area contributed by atoms with Crippen LogP contribution in [0.3, 0.4) is 0 Å². The summed E-state index contributed by atoms with van der Waals surface area (Å²) < 4.78 is 32.4. The van der Waals surface area contributed by atoms with Crippen molar-refractivity contribution in [3.8, 4) is 0 Å². The predicted molar refractivity (Wildman–Crippen MR) is 78.7 cm³/mol. The highest BCUT2D eigenvalue weighted by Gasteiger charge is 2.34. The lowest BCUT2D eigenvalue weighted by atomic mass is 9.98. The second-order valence-electron chi connectivity index (χ2n) is 4.80. The third-order valence-electron chi connectivity index (χ3n) is 3.41. The summed E-state index contributed by atoms with van der Waals surface area (Å²) >= 11 is 0. The van der Waals surface area contributed by atoms with Crippen molar-refractivity contribution in [3.05, 3.63) is 12.7 Å². The Hall–Kier alpha value is -0.960. The number of carbonyl (C=O) groups is 1. The van der Waals surface area contributed by atoms with Crippen molar-refractivity contribution in [1.29, 1.82) is 0 Å². The zero-order chi connectivity index (χ0) is 15.9. The van der Waals surface area contributed by atoms with Gasteiger partial charge in [-0.05, 0) is 19.8 Å². The van der Waals surface area contributed by atoms with Crippen molar-refractivity contribution >= 4 is 16.2 Å². The lowest BCUT2D eigenvalue weighted by Crippen LogP contribution is -2.48. The third kappa shape index (κ3) is 4.77. The van der Waals surface area contributed by atoms with Crippen molar-refractivity contribution in [2.24, 2.45) is 5.92 Å². The standard InChI is InChI=1S/C13H24N2O5S/c1-3-7-14(10-11-16)21(18,19)15-8-5-12(6-9-15)13(17)20-4-2/h3,12,16H,1,4-11H2,2H3. The van der Waals surface area contributed by atoms with Gasteiger partial charge in [-0.3, -0.25) is 4.79 Å². The number of esters is 1. The van der Waals surface area contributed by atoms with Crippen LogP contribution in [-0.4, -0.2) is 67.5 Å². The molecule has 0 aliphatic carbocycles. The molecule has 122 valence electrons. The first-order valence-corrected chi connectivity index (χ1v) is 8.50. The molecule has 0 aromatic rings. The highest BCUT2D eigenvalue weighted by Crippen LogP contribution is 2.22. The fourth-order valence-corrected chi connectivity index (χ4v) is 3.91. The highest BCUT2D eigenvalue weighted by atomic mass is 32.2. The number of hydrogen-bond donors (Lipinski definition) is 1. The van der Waals surface area contributed by atoms with Crippen LogP contribution in [-0.2, 0) is 19.7 Å². The van der Waals surface area contributed by atoms with Gasteiger partial charge in [0.1, 0.15) is 0 Å². The maximum Gasteiger partial charge on any atom is 0.309 e. The van der Waals surface area contributed by atoms with Crippen LogP contribution < -0.4 is 0 Å². The maximum absolute atomic E-state index is 12.4. The van der Waals surface area contributed by atoms with E-state index in [1.54, 1.807) is 6.92 Å². The lowest BCUT2D eigenvalue weighted by molar-refractivity contribution is -0.149. The average Bonchev–Trinajstić information content (AvgIpc) is 2.47. The maximum atomic E-state index is 12.4. The van der Waals surface area contributed by atoms with E-state index in [9.17, 15) is 13.2 Å². The van der Waals surface area contributed by atoms with Gasteiger partial charge in [0, 0.05) is 26.2 Å². The molecule has 0 atom stereocenters. The second-order valence-corrected chi connectivity index (χ2v) is 6.73. The van der Waals surface area contributed by atoms with Crippen LogP contribution in [0.5, 0.6) is 0 Å². The fourth-order valence-electron chi connectivity index (χ4n) is 2.30. The molecular formula is C13H24N2O5S. The molecule has 0 bridgehead atoms. The molecule has 0 amide bonds. The molecule has 0 spiro atoms. The minimum absolute atomic E-state index is 0.0339. The number of rotatable bonds is 8. The van der Waals surface area contributed by atoms with Crippen LogP contribution in [0.25, 0.3) is 0 Å². The van der Waals surface area contributed by atoms with Crippen molar-refractivity contribution in [2.75, 3.05) is 39.4 Å². The summed E-state index contributed by atoms with van der Waals surface area (Å²) in [5.41, 5.74) is 0. The van der Waals surface area contributed by atoms with Gasteiger partial charge in [0.15, 0.2) is 0 Å². The van der Waals surface area contributed by atoms with Gasteiger partial charge in [-0.1, -0.05) is 6.08 Å². The van der Waals surface area contributed by atoms with E-state index in [0.29, 0.717) is 19.4 Å². The van der Waals surface area contributed by atoms with Gasteiger partial charge in [-0.2, -0.15) is 17.0 Å². The van der Waals surface area contributed by atoms with Crippen molar-refractivity contribution < 1.29 is 23.1 Å². The number of aliphatic hydroxyl groups excluding tert-OH is 1. The first kappa shape index (κ1) is 18.1. The van der Waals surface area contributed by atoms with Crippen LogP contribution in [0.2, 0.25) is 0 Å². The quantitative estimate of drug-likeness (QED) is 0.502. The molecule has 0 aromatic heterocycles. The van der Waals surface area contributed by atoms with Gasteiger partial charge in [0.2, 0.25) is 0 Å². The number of carbonyl (C=O) groups excluding carboxylic acids is 1. The molecule has 0 aromatic carbocycles. The Kier molecular flexibility index (Phi) is 7.30. The zero-order valence-corrected chi connectivity index (χ0v) is 13.2. The van der Waals surface area contributed by atoms with Gasteiger partial charge < -0.3 is 9.84 Å². The molecule has 1 heterocycles. The summed E-state index contributed by atoms with van der Waals surface area (Å²) in [7, 11) is -3.63. The Morgan fingerprint density at radius 1 is 1.48 bits per heavy atom. The normalized spacial score (nSPS) is 17.9. The Bertz CT molecular complexity index is 443. The van der Waals surface area contributed by atoms with Gasteiger partial charge in [-0.25, -0.2) is 0 Å². The van der Waals surface area contributed by atoms with Gasteiger partial charge >= 0.3 is 5.97 Å². The number of nitrogens with zero attached hydrogens (tertiary/aromatic N) is 2. The monoisotopic (exact) mass is 320 g/mol. The molecule has 0 saturated carbocycles. The lowest BCUT2D eigenvalue weighted by Gasteiger charge is -2.33. The zero-order valence-electron chi connectivity index (χ0n) is 12.4. The van der Waals surface area contributed by atoms with E-state index in [1.807, 2.05) is 0 Å². The first-order valence-electron chi connectivity index (χ1n) is 7.11. The number of piperidine rings is 1. The molecule has 21 heavy (non-hydrogen) atoms. The summed E-state index contributed by atoms with van der Waals surface area (Å²) in [5, 5.41) is 8.98. The Balaban J connectivity index is 2.66. The summed E-state index contributed by atoms with van der Waals surface area (Å²) in [6.07, 6.45) is 2.40. The summed E-state index contributed by atoms with van der Waals surface area (Å²) in [6.45, 7) is 6.12. The van der Waals surface area contributed by atoms with Gasteiger partial charge in [0.05, 0.1) is 19.1 Å². The van der Waals surface area contributed by atoms with Crippen LogP contribution >= 0.6 is 0 Å². The van der Waals surface area contributed by atoms with Crippen molar-refractivity contribution in [1.82, 2.24) is 8.61 Å². The van der Waals surface area contributed by atoms with E-state index in [0.717, 1.165) is 0 Å². The van der Waals surface area contributed by atoms with E-state index >= 15 is 0 Å². The molecule has 1 aliphatic rings. The average molecular weight is 320 g/mol. The molecule has 0 unspecified atom stereocenters. The third-order valence-corrected chi connectivity index (χ3v) is 5.41. The Labute approximate surface area is 126 Å². The SMILES string of the molecule is C=CCN(CCO)S(=O)(=O)N1CCC(C(=O)OCC)CC1. The smallest absolute Gasteiger partial charge is 0.309 e. The second kappa shape index (κ2) is 8.47. The summed E-state index contributed by atoms with van der Waals surface area (Å²) in [5.74, 6) is -0.491. The predicted octanol–water partition coefficient (Wildman–Crippen LogP) is -0.0134. The van der Waals surface area contributed by atoms with Crippen molar-refractivity contribution in [3.63, 3.8) is 0 Å². The topological polar surface area (TPSA) is 87.2 Å². The minimum Gasteiger partial charge on any atom is -0.466 e. The van der Waals surface area contributed by atoms with E-state index in [-0.39, 0.29) is 44.7 Å². The Morgan fingerprint density at radius 3 is 2.57 bits per heavy atom. The van der Waals surface area contributed by atoms with Crippen LogP contribution in [0.1, 0.15) is 19.8 Å². The van der Waals surface area contributed by atoms with E-state index < -0.39 is 10.2 Å². The molecule has 8 heteroatoms. The van der Waals surface area contributed by atoms with Gasteiger partial charge in [-0.15, -0.1) is 6.58 Å². The molecule has 1 rings (SSSR count). The van der Waals surface area contributed by atoms with Gasteiger partial charge in [0.25, 0.3) is 10.2 Å². The van der Waals surface area contributed by atoms with Crippen LogP contribution in [0.15, 0.2) is 12.7 Å². The molecule has 1 saturated heterocycles. The number of aliphatic hydroxyl groups is 1. The molecule has 7 nitrogen and oxygen atoms in total. The summed E-state index contributed by atoms with van der Waals surface area (Å²) in [4.78, 5) is 11.6. The summed E-state index contributed by atoms with van der Waals surface area (Å²) in [6, 6.07) is 0. The minimum atomic E-state index is -3.63. The molecule has 0 radical (unpaired) electrons. The Morgan fingerprint density at radius 2 is 2.10 bits per heavy atom. The van der Waals surface area contributed by atoms with Crippen molar-refractivity contribution in [2.45, 2.75) is 19.8 Å². The molecule has 1 aliphatic heterocycles. The largest absolute Gasteiger partial charge is 0.466 e.